The van der Waals surface area contributed by atoms with Crippen LogP contribution in [0.25, 0.3) is 0 Å². The van der Waals surface area contributed by atoms with Crippen molar-refractivity contribution < 1.29 is 19.7 Å². The SMILES string of the molecule is COc1ccc(CC(C)NCC(O)c2ccc(O)c(N(C=O)C(C)C)c2)cc1. The second kappa shape index (κ2) is 10.1. The summed E-state index contributed by atoms with van der Waals surface area (Å²) >= 11 is 0. The molecule has 1 amide bonds. The van der Waals surface area contributed by atoms with Crippen LogP contribution >= 0.6 is 0 Å². The number of aliphatic hydroxyl groups is 1. The van der Waals surface area contributed by atoms with E-state index >= 15 is 0 Å². The number of methoxy groups -OCH3 is 1. The Balaban J connectivity index is 1.98. The van der Waals surface area contributed by atoms with Gasteiger partial charge < -0.3 is 25.2 Å². The number of carbonyl (C=O) groups is 1. The van der Waals surface area contributed by atoms with Crippen molar-refractivity contribution in [1.29, 1.82) is 0 Å². The van der Waals surface area contributed by atoms with Gasteiger partial charge in [0.15, 0.2) is 0 Å². The molecule has 0 aromatic heterocycles. The highest BCUT2D eigenvalue weighted by molar-refractivity contribution is 5.79. The molecule has 3 N–H and O–H groups in total. The number of phenols is 1. The lowest BCUT2D eigenvalue weighted by molar-refractivity contribution is -0.107. The first kappa shape index (κ1) is 21.7. The second-order valence-electron chi connectivity index (χ2n) is 7.23. The maximum atomic E-state index is 11.3. The third-order valence-electron chi connectivity index (χ3n) is 4.69. The zero-order valence-electron chi connectivity index (χ0n) is 16.9. The predicted molar refractivity (Wildman–Crippen MR) is 111 cm³/mol. The Kier molecular flexibility index (Phi) is 7.84. The Labute approximate surface area is 166 Å². The average Bonchev–Trinajstić information content (AvgIpc) is 2.68. The van der Waals surface area contributed by atoms with Crippen molar-refractivity contribution in [2.45, 2.75) is 45.4 Å². The number of hydrogen-bond donors (Lipinski definition) is 3. The molecule has 28 heavy (non-hydrogen) atoms. The van der Waals surface area contributed by atoms with E-state index in [9.17, 15) is 15.0 Å². The van der Waals surface area contributed by atoms with Crippen LogP contribution in [-0.2, 0) is 11.2 Å². The summed E-state index contributed by atoms with van der Waals surface area (Å²) in [6.45, 7) is 6.15. The summed E-state index contributed by atoms with van der Waals surface area (Å²) in [7, 11) is 1.64. The van der Waals surface area contributed by atoms with Gasteiger partial charge in [0.2, 0.25) is 6.41 Å². The van der Waals surface area contributed by atoms with Crippen molar-refractivity contribution in [2.24, 2.45) is 0 Å². The quantitative estimate of drug-likeness (QED) is 0.547. The molecule has 2 unspecified atom stereocenters. The second-order valence-corrected chi connectivity index (χ2v) is 7.23. The maximum Gasteiger partial charge on any atom is 0.214 e. The standard InChI is InChI=1S/C22H30N2O4/c1-15(2)24(14-25)20-12-18(7-10-21(20)26)22(27)13-23-16(3)11-17-5-8-19(28-4)9-6-17/h5-10,12,14-16,22-23,26-27H,11,13H2,1-4H3. The smallest absolute Gasteiger partial charge is 0.214 e. The number of aliphatic hydroxyl groups excluding tert-OH is 1. The first-order chi connectivity index (χ1) is 13.3. The summed E-state index contributed by atoms with van der Waals surface area (Å²) in [5.41, 5.74) is 2.22. The molecule has 0 aliphatic carbocycles. The van der Waals surface area contributed by atoms with Crippen molar-refractivity contribution in [3.05, 3.63) is 53.6 Å². The average molecular weight is 386 g/mol. The lowest BCUT2D eigenvalue weighted by Gasteiger charge is -2.24. The van der Waals surface area contributed by atoms with Crippen LogP contribution in [-0.4, -0.2) is 42.4 Å². The summed E-state index contributed by atoms with van der Waals surface area (Å²) in [5.74, 6) is 0.839. The van der Waals surface area contributed by atoms with E-state index in [1.54, 1.807) is 19.2 Å². The molecule has 0 aliphatic heterocycles. The molecule has 2 aromatic rings. The Morgan fingerprint density at radius 1 is 1.14 bits per heavy atom. The van der Waals surface area contributed by atoms with Gasteiger partial charge in [-0.2, -0.15) is 0 Å². The summed E-state index contributed by atoms with van der Waals surface area (Å²) in [6.07, 6.45) is 0.757. The topological polar surface area (TPSA) is 82.0 Å². The molecule has 2 rings (SSSR count). The first-order valence-electron chi connectivity index (χ1n) is 9.46. The van der Waals surface area contributed by atoms with Crippen LogP contribution in [0, 0.1) is 0 Å². The van der Waals surface area contributed by atoms with E-state index in [1.165, 1.54) is 16.5 Å². The monoisotopic (exact) mass is 386 g/mol. The number of aromatic hydroxyl groups is 1. The Bertz CT molecular complexity index is 762. The molecule has 0 saturated heterocycles. The molecule has 6 heteroatoms. The molecule has 2 atom stereocenters. The number of hydrogen-bond acceptors (Lipinski definition) is 5. The first-order valence-corrected chi connectivity index (χ1v) is 9.46. The molecular formula is C22H30N2O4. The normalized spacial score (nSPS) is 13.2. The minimum absolute atomic E-state index is 0.0117. The lowest BCUT2D eigenvalue weighted by atomic mass is 10.0. The number of ether oxygens (including phenoxy) is 1. The molecule has 2 aromatic carbocycles. The van der Waals surface area contributed by atoms with E-state index in [4.69, 9.17) is 4.74 Å². The van der Waals surface area contributed by atoms with Gasteiger partial charge in [0.05, 0.1) is 18.9 Å². The summed E-state index contributed by atoms with van der Waals surface area (Å²) in [5, 5.41) is 24.0. The third-order valence-corrected chi connectivity index (χ3v) is 4.69. The van der Waals surface area contributed by atoms with Gasteiger partial charge in [-0.15, -0.1) is 0 Å². The van der Waals surface area contributed by atoms with E-state index in [-0.39, 0.29) is 17.8 Å². The minimum atomic E-state index is -0.752. The van der Waals surface area contributed by atoms with Crippen LogP contribution < -0.4 is 15.0 Å². The highest BCUT2D eigenvalue weighted by Gasteiger charge is 2.17. The lowest BCUT2D eigenvalue weighted by Crippen LogP contribution is -2.32. The summed E-state index contributed by atoms with van der Waals surface area (Å²) in [6, 6.07) is 12.8. The fraction of sp³-hybridized carbons (Fsp3) is 0.409. The highest BCUT2D eigenvalue weighted by Crippen LogP contribution is 2.31. The molecule has 0 spiro atoms. The Hall–Kier alpha value is -2.57. The van der Waals surface area contributed by atoms with Gasteiger partial charge in [-0.1, -0.05) is 18.2 Å². The molecule has 0 radical (unpaired) electrons. The summed E-state index contributed by atoms with van der Waals surface area (Å²) in [4.78, 5) is 12.8. The molecule has 0 heterocycles. The van der Waals surface area contributed by atoms with Gasteiger partial charge in [-0.3, -0.25) is 4.79 Å². The largest absolute Gasteiger partial charge is 0.506 e. The number of carbonyl (C=O) groups excluding carboxylic acids is 1. The Morgan fingerprint density at radius 3 is 2.39 bits per heavy atom. The fourth-order valence-electron chi connectivity index (χ4n) is 3.03. The van der Waals surface area contributed by atoms with Crippen molar-refractivity contribution in [3.63, 3.8) is 0 Å². The van der Waals surface area contributed by atoms with Gasteiger partial charge in [-0.05, 0) is 62.6 Å². The summed E-state index contributed by atoms with van der Waals surface area (Å²) < 4.78 is 5.17. The maximum absolute atomic E-state index is 11.3. The molecular weight excluding hydrogens is 356 g/mol. The fourth-order valence-corrected chi connectivity index (χ4v) is 3.03. The number of anilines is 1. The van der Waals surface area contributed by atoms with Crippen LogP contribution in [0.5, 0.6) is 11.5 Å². The molecule has 152 valence electrons. The van der Waals surface area contributed by atoms with Crippen LogP contribution in [0.1, 0.15) is 38.0 Å². The van der Waals surface area contributed by atoms with Crippen LogP contribution in [0.15, 0.2) is 42.5 Å². The number of amides is 1. The number of benzene rings is 2. The van der Waals surface area contributed by atoms with Crippen molar-refractivity contribution in [3.8, 4) is 11.5 Å². The number of nitrogens with zero attached hydrogens (tertiary/aromatic N) is 1. The van der Waals surface area contributed by atoms with Gasteiger partial charge in [0.25, 0.3) is 0 Å². The van der Waals surface area contributed by atoms with E-state index in [1.807, 2.05) is 38.1 Å². The van der Waals surface area contributed by atoms with Crippen LogP contribution in [0.3, 0.4) is 0 Å². The molecule has 0 aliphatic rings. The van der Waals surface area contributed by atoms with E-state index in [2.05, 4.69) is 12.2 Å². The minimum Gasteiger partial charge on any atom is -0.506 e. The Morgan fingerprint density at radius 2 is 1.82 bits per heavy atom. The van der Waals surface area contributed by atoms with Gasteiger partial charge >= 0.3 is 0 Å². The zero-order chi connectivity index (χ0) is 20.7. The highest BCUT2D eigenvalue weighted by atomic mass is 16.5. The predicted octanol–water partition coefficient (Wildman–Crippen LogP) is 3.03. The molecule has 0 saturated carbocycles. The third kappa shape index (κ3) is 5.71. The van der Waals surface area contributed by atoms with Crippen LogP contribution in [0.4, 0.5) is 5.69 Å². The number of nitrogens with one attached hydrogen (secondary N) is 1. The van der Waals surface area contributed by atoms with Crippen molar-refractivity contribution in [2.75, 3.05) is 18.6 Å². The van der Waals surface area contributed by atoms with Gasteiger partial charge in [0, 0.05) is 18.6 Å². The number of rotatable bonds is 10. The molecule has 0 fully saturated rings. The van der Waals surface area contributed by atoms with Crippen LogP contribution in [0.2, 0.25) is 0 Å². The number of phenolic OH excluding ortho intramolecular Hbond substituents is 1. The van der Waals surface area contributed by atoms with Gasteiger partial charge in [-0.25, -0.2) is 0 Å². The van der Waals surface area contributed by atoms with E-state index in [0.29, 0.717) is 24.2 Å². The van der Waals surface area contributed by atoms with E-state index < -0.39 is 6.10 Å². The van der Waals surface area contributed by atoms with Gasteiger partial charge in [0.1, 0.15) is 11.5 Å². The van der Waals surface area contributed by atoms with Crippen molar-refractivity contribution >= 4 is 12.1 Å². The zero-order valence-corrected chi connectivity index (χ0v) is 16.9. The molecule has 0 bridgehead atoms. The van der Waals surface area contributed by atoms with E-state index in [0.717, 1.165) is 12.2 Å². The van der Waals surface area contributed by atoms with Crippen molar-refractivity contribution in [1.82, 2.24) is 5.32 Å². The molecule has 6 nitrogen and oxygen atoms in total.